The quantitative estimate of drug-likeness (QED) is 0.826. The van der Waals surface area contributed by atoms with E-state index in [0.29, 0.717) is 6.54 Å². The molecule has 1 aromatic rings. The Hall–Kier alpha value is -2.02. The van der Waals surface area contributed by atoms with E-state index in [1.165, 1.54) is 11.1 Å². The fourth-order valence-corrected chi connectivity index (χ4v) is 3.69. The van der Waals surface area contributed by atoms with Crippen molar-refractivity contribution in [3.8, 4) is 6.07 Å². The van der Waals surface area contributed by atoms with Crippen molar-refractivity contribution in [3.05, 3.63) is 29.3 Å². The van der Waals surface area contributed by atoms with E-state index in [2.05, 4.69) is 49.9 Å². The van der Waals surface area contributed by atoms with Gasteiger partial charge >= 0.3 is 0 Å². The van der Waals surface area contributed by atoms with Crippen molar-refractivity contribution < 1.29 is 4.79 Å². The maximum Gasteiger partial charge on any atom is 0.243 e. The van der Waals surface area contributed by atoms with Gasteiger partial charge in [0.15, 0.2) is 0 Å². The molecule has 0 N–H and O–H groups in total. The Morgan fingerprint density at radius 3 is 2.25 bits per heavy atom. The molecule has 4 nitrogen and oxygen atoms in total. The summed E-state index contributed by atoms with van der Waals surface area (Å²) in [4.78, 5) is 16.6. The fraction of sp³-hybridized carbons (Fsp3) is 0.600. The fourth-order valence-electron chi connectivity index (χ4n) is 3.69. The Morgan fingerprint density at radius 2 is 1.75 bits per heavy atom. The lowest BCUT2D eigenvalue weighted by atomic mass is 9.81. The Balaban J connectivity index is 2.15. The molecule has 4 heteroatoms. The number of hydrogen-bond acceptors (Lipinski definition) is 3. The lowest BCUT2D eigenvalue weighted by Gasteiger charge is -2.40. The summed E-state index contributed by atoms with van der Waals surface area (Å²) in [6, 6.07) is 8.80. The molecule has 0 radical (unpaired) electrons. The van der Waals surface area contributed by atoms with Gasteiger partial charge in [0.2, 0.25) is 5.91 Å². The third-order valence-corrected chi connectivity index (χ3v) is 5.18. The van der Waals surface area contributed by atoms with Crippen LogP contribution in [0.5, 0.6) is 0 Å². The first kappa shape index (κ1) is 18.3. The van der Waals surface area contributed by atoms with E-state index in [9.17, 15) is 10.1 Å². The summed E-state index contributed by atoms with van der Waals surface area (Å²) in [6.07, 6.45) is 4.80. The minimum absolute atomic E-state index is 0.0273. The van der Waals surface area contributed by atoms with Crippen LogP contribution in [0.25, 0.3) is 0 Å². The number of amides is 1. The van der Waals surface area contributed by atoms with Crippen LogP contribution < -0.4 is 4.90 Å². The van der Waals surface area contributed by atoms with Gasteiger partial charge in [0.1, 0.15) is 5.54 Å². The molecular weight excluding hydrogens is 298 g/mol. The van der Waals surface area contributed by atoms with Crippen molar-refractivity contribution in [2.45, 2.75) is 58.4 Å². The van der Waals surface area contributed by atoms with Crippen LogP contribution in [0.2, 0.25) is 0 Å². The number of carbonyl (C=O) groups is 1. The van der Waals surface area contributed by atoms with Crippen LogP contribution in [-0.4, -0.2) is 36.5 Å². The highest BCUT2D eigenvalue weighted by Crippen LogP contribution is 2.32. The van der Waals surface area contributed by atoms with Crippen molar-refractivity contribution in [3.63, 3.8) is 0 Å². The van der Waals surface area contributed by atoms with E-state index in [4.69, 9.17) is 0 Å². The van der Waals surface area contributed by atoms with Crippen LogP contribution in [0.1, 0.15) is 50.2 Å². The first-order valence-electron chi connectivity index (χ1n) is 8.93. The largest absolute Gasteiger partial charge is 0.362 e. The van der Waals surface area contributed by atoms with Gasteiger partial charge in [0.25, 0.3) is 0 Å². The van der Waals surface area contributed by atoms with Crippen LogP contribution in [0.3, 0.4) is 0 Å². The zero-order valence-electron chi connectivity index (χ0n) is 15.4. The number of nitrogens with zero attached hydrogens (tertiary/aromatic N) is 3. The zero-order valence-corrected chi connectivity index (χ0v) is 15.4. The van der Waals surface area contributed by atoms with Gasteiger partial charge in [-0.25, -0.2) is 0 Å². The zero-order chi connectivity index (χ0) is 17.7. The summed E-state index contributed by atoms with van der Waals surface area (Å²) in [5.74, 6) is 0.0273. The summed E-state index contributed by atoms with van der Waals surface area (Å²) in [5.41, 5.74) is 2.86. The van der Waals surface area contributed by atoms with Crippen molar-refractivity contribution in [1.29, 1.82) is 5.26 Å². The third-order valence-electron chi connectivity index (χ3n) is 5.18. The molecule has 1 saturated carbocycles. The Bertz CT molecular complexity index is 606. The molecule has 0 unspecified atom stereocenters. The molecule has 2 rings (SSSR count). The normalized spacial score (nSPS) is 16.3. The van der Waals surface area contributed by atoms with Crippen molar-refractivity contribution in [2.75, 3.05) is 25.0 Å². The number of likely N-dealkylation sites (N-methyl/N-ethyl adjacent to an activating group) is 2. The van der Waals surface area contributed by atoms with Gasteiger partial charge in [-0.05, 0) is 56.9 Å². The molecule has 1 amide bonds. The molecule has 24 heavy (non-hydrogen) atoms. The van der Waals surface area contributed by atoms with Crippen molar-refractivity contribution in [1.82, 2.24) is 4.90 Å². The molecule has 0 aliphatic heterocycles. The monoisotopic (exact) mass is 327 g/mol. The van der Waals surface area contributed by atoms with Crippen LogP contribution in [0.15, 0.2) is 18.2 Å². The smallest absolute Gasteiger partial charge is 0.243 e. The standard InChI is InChI=1S/C20H29N3O/c1-5-23(18-12-16(2)11-17(3)13-18)14-19(24)22(4)20(15-21)9-7-6-8-10-20/h11-13H,5-10,14H2,1-4H3. The average molecular weight is 327 g/mol. The predicted octanol–water partition coefficient (Wildman–Crippen LogP) is 3.81. The van der Waals surface area contributed by atoms with Gasteiger partial charge in [-0.15, -0.1) is 0 Å². The first-order valence-corrected chi connectivity index (χ1v) is 8.93. The second kappa shape index (κ2) is 7.70. The number of carbonyl (C=O) groups excluding carboxylic acids is 1. The van der Waals surface area contributed by atoms with E-state index < -0.39 is 5.54 Å². The van der Waals surface area contributed by atoms with E-state index >= 15 is 0 Å². The van der Waals surface area contributed by atoms with Crippen molar-refractivity contribution in [2.24, 2.45) is 0 Å². The van der Waals surface area contributed by atoms with Crippen LogP contribution in [-0.2, 0) is 4.79 Å². The molecule has 0 spiro atoms. The molecule has 0 heterocycles. The number of benzene rings is 1. The topological polar surface area (TPSA) is 47.3 Å². The molecule has 0 saturated heterocycles. The summed E-state index contributed by atoms with van der Waals surface area (Å²) < 4.78 is 0. The maximum absolute atomic E-state index is 12.9. The Kier molecular flexibility index (Phi) is 5.88. The van der Waals surface area contributed by atoms with E-state index in [0.717, 1.165) is 44.3 Å². The highest BCUT2D eigenvalue weighted by atomic mass is 16.2. The molecule has 1 fully saturated rings. The molecule has 130 valence electrons. The average Bonchev–Trinajstić information content (AvgIpc) is 2.58. The van der Waals surface area contributed by atoms with Crippen LogP contribution >= 0.6 is 0 Å². The Morgan fingerprint density at radius 1 is 1.17 bits per heavy atom. The Labute approximate surface area is 146 Å². The number of aryl methyl sites for hydroxylation is 2. The minimum atomic E-state index is -0.614. The number of hydrogen-bond donors (Lipinski definition) is 0. The second-order valence-corrected chi connectivity index (χ2v) is 7.02. The van der Waals surface area contributed by atoms with Crippen LogP contribution in [0, 0.1) is 25.2 Å². The molecular formula is C20H29N3O. The summed E-state index contributed by atoms with van der Waals surface area (Å²) in [6.45, 7) is 7.29. The van der Waals surface area contributed by atoms with E-state index in [1.54, 1.807) is 11.9 Å². The molecule has 1 aliphatic rings. The van der Waals surface area contributed by atoms with Gasteiger partial charge in [-0.1, -0.05) is 25.3 Å². The summed E-state index contributed by atoms with van der Waals surface area (Å²) >= 11 is 0. The first-order chi connectivity index (χ1) is 11.4. The van der Waals surface area contributed by atoms with Crippen molar-refractivity contribution >= 4 is 11.6 Å². The number of nitriles is 1. The van der Waals surface area contributed by atoms with Gasteiger partial charge in [-0.3, -0.25) is 4.79 Å². The highest BCUT2D eigenvalue weighted by molar-refractivity contribution is 5.82. The molecule has 1 aromatic carbocycles. The summed E-state index contributed by atoms with van der Waals surface area (Å²) in [7, 11) is 1.80. The van der Waals surface area contributed by atoms with Gasteiger partial charge < -0.3 is 9.80 Å². The lowest BCUT2D eigenvalue weighted by Crippen LogP contribution is -2.52. The predicted molar refractivity (Wildman–Crippen MR) is 98.0 cm³/mol. The third kappa shape index (κ3) is 3.90. The lowest BCUT2D eigenvalue weighted by molar-refractivity contribution is -0.133. The molecule has 0 atom stereocenters. The number of rotatable bonds is 5. The van der Waals surface area contributed by atoms with Crippen LogP contribution in [0.4, 0.5) is 5.69 Å². The molecule has 0 bridgehead atoms. The maximum atomic E-state index is 12.9. The summed E-state index contributed by atoms with van der Waals surface area (Å²) in [5, 5.41) is 9.68. The van der Waals surface area contributed by atoms with E-state index in [1.807, 2.05) is 0 Å². The van der Waals surface area contributed by atoms with Gasteiger partial charge in [0.05, 0.1) is 12.6 Å². The highest BCUT2D eigenvalue weighted by Gasteiger charge is 2.39. The molecule has 1 aliphatic carbocycles. The van der Waals surface area contributed by atoms with Gasteiger partial charge in [-0.2, -0.15) is 5.26 Å². The second-order valence-electron chi connectivity index (χ2n) is 7.02. The minimum Gasteiger partial charge on any atom is -0.362 e. The number of anilines is 1. The van der Waals surface area contributed by atoms with E-state index in [-0.39, 0.29) is 5.91 Å². The SMILES string of the molecule is CCN(CC(=O)N(C)C1(C#N)CCCCC1)c1cc(C)cc(C)c1. The molecule has 0 aromatic heterocycles. The van der Waals surface area contributed by atoms with Gasteiger partial charge in [0, 0.05) is 19.3 Å².